The fraction of sp³-hybridized carbons (Fsp3) is 0.238. The van der Waals surface area contributed by atoms with Gasteiger partial charge in [0.2, 0.25) is 0 Å². The molecule has 0 fully saturated rings. The number of thioether (sulfide) groups is 1. The summed E-state index contributed by atoms with van der Waals surface area (Å²) in [6, 6.07) is 13.2. The Kier molecular flexibility index (Phi) is 4.87. The average Bonchev–Trinajstić information content (AvgIpc) is 3.19. The number of aromatic hydroxyl groups is 1. The first-order valence-corrected chi connectivity index (χ1v) is 10.0. The lowest BCUT2D eigenvalue weighted by Crippen LogP contribution is -2.34. The third kappa shape index (κ3) is 3.88. The molecule has 4 rings (SSSR count). The van der Waals surface area contributed by atoms with Crippen LogP contribution in [0, 0.1) is 0 Å². The van der Waals surface area contributed by atoms with Crippen LogP contribution in [0.15, 0.2) is 52.3 Å². The van der Waals surface area contributed by atoms with Crippen molar-refractivity contribution < 1.29 is 9.90 Å². The van der Waals surface area contributed by atoms with Crippen LogP contribution >= 0.6 is 11.8 Å². The van der Waals surface area contributed by atoms with Crippen LogP contribution < -0.4 is 4.90 Å². The van der Waals surface area contributed by atoms with E-state index in [0.29, 0.717) is 10.7 Å². The van der Waals surface area contributed by atoms with Gasteiger partial charge in [0.1, 0.15) is 5.75 Å². The minimum atomic E-state index is -0.209. The van der Waals surface area contributed by atoms with Crippen LogP contribution in [0.4, 0.5) is 5.69 Å². The monoisotopic (exact) mass is 407 g/mol. The molecule has 0 spiro atoms. The standard InChI is InChI=1S/C21H21N5O2S/c1-21(2,3)14-10-13(8-9-16(14)27)11-18-20(28)26(12-19-22-24-25-23-19)15-6-4-5-7-17(15)29-18/h4-11,27H,12H2,1-3H3,(H,22,23,24,25)/b18-11+. The maximum Gasteiger partial charge on any atom is 0.265 e. The molecule has 1 aromatic heterocycles. The predicted molar refractivity (Wildman–Crippen MR) is 112 cm³/mol. The van der Waals surface area contributed by atoms with E-state index in [1.54, 1.807) is 11.0 Å². The van der Waals surface area contributed by atoms with Gasteiger partial charge >= 0.3 is 0 Å². The van der Waals surface area contributed by atoms with E-state index in [1.807, 2.05) is 63.2 Å². The van der Waals surface area contributed by atoms with Gasteiger partial charge in [0, 0.05) is 4.90 Å². The van der Waals surface area contributed by atoms with Crippen molar-refractivity contribution in [3.05, 3.63) is 64.3 Å². The number of phenolic OH excluding ortho intramolecular Hbond substituents is 1. The second-order valence-corrected chi connectivity index (χ2v) is 8.91. The molecule has 1 amide bonds. The predicted octanol–water partition coefficient (Wildman–Crippen LogP) is 3.88. The van der Waals surface area contributed by atoms with Crippen LogP contribution in [0.25, 0.3) is 6.08 Å². The summed E-state index contributed by atoms with van der Waals surface area (Å²) >= 11 is 1.44. The quantitative estimate of drug-likeness (QED) is 0.640. The molecule has 0 unspecified atom stereocenters. The molecule has 0 saturated heterocycles. The largest absolute Gasteiger partial charge is 0.508 e. The Balaban J connectivity index is 1.74. The normalized spacial score (nSPS) is 15.6. The minimum Gasteiger partial charge on any atom is -0.508 e. The number of anilines is 1. The summed E-state index contributed by atoms with van der Waals surface area (Å²) in [6.07, 6.45) is 1.86. The second kappa shape index (κ2) is 7.36. The number of H-pyrrole nitrogens is 1. The molecule has 2 N–H and O–H groups in total. The van der Waals surface area contributed by atoms with Gasteiger partial charge in [-0.2, -0.15) is 5.21 Å². The van der Waals surface area contributed by atoms with E-state index in [4.69, 9.17) is 0 Å². The first kappa shape index (κ1) is 19.2. The van der Waals surface area contributed by atoms with E-state index in [-0.39, 0.29) is 23.6 Å². The lowest BCUT2D eigenvalue weighted by molar-refractivity contribution is -0.114. The summed E-state index contributed by atoms with van der Waals surface area (Å²) in [5.74, 6) is 0.578. The number of rotatable bonds is 3. The minimum absolute atomic E-state index is 0.121. The summed E-state index contributed by atoms with van der Waals surface area (Å²) < 4.78 is 0. The summed E-state index contributed by atoms with van der Waals surface area (Å²) in [7, 11) is 0. The third-order valence-corrected chi connectivity index (χ3v) is 5.72. The highest BCUT2D eigenvalue weighted by molar-refractivity contribution is 8.04. The van der Waals surface area contributed by atoms with E-state index < -0.39 is 0 Å². The molecule has 0 atom stereocenters. The molecule has 1 aliphatic rings. The van der Waals surface area contributed by atoms with Crippen molar-refractivity contribution in [1.29, 1.82) is 0 Å². The van der Waals surface area contributed by atoms with Gasteiger partial charge in [-0.05, 0) is 46.9 Å². The van der Waals surface area contributed by atoms with Gasteiger partial charge in [-0.1, -0.05) is 55.9 Å². The fourth-order valence-electron chi connectivity index (χ4n) is 3.21. The number of fused-ring (bicyclic) bond motifs is 1. The molecule has 0 bridgehead atoms. The van der Waals surface area contributed by atoms with Crippen molar-refractivity contribution in [1.82, 2.24) is 20.6 Å². The summed E-state index contributed by atoms with van der Waals surface area (Å²) in [6.45, 7) is 6.36. The topological polar surface area (TPSA) is 95.0 Å². The van der Waals surface area contributed by atoms with Crippen LogP contribution in [-0.4, -0.2) is 31.6 Å². The Morgan fingerprint density at radius 3 is 2.72 bits per heavy atom. The van der Waals surface area contributed by atoms with Crippen molar-refractivity contribution >= 4 is 29.4 Å². The lowest BCUT2D eigenvalue weighted by atomic mass is 9.85. The zero-order chi connectivity index (χ0) is 20.6. The van der Waals surface area contributed by atoms with Crippen molar-refractivity contribution in [3.63, 3.8) is 0 Å². The smallest absolute Gasteiger partial charge is 0.265 e. The molecule has 1 aliphatic heterocycles. The van der Waals surface area contributed by atoms with Crippen LogP contribution in [0.1, 0.15) is 37.7 Å². The molecule has 0 aliphatic carbocycles. The van der Waals surface area contributed by atoms with Crippen molar-refractivity contribution in [3.8, 4) is 5.75 Å². The van der Waals surface area contributed by atoms with Gasteiger partial charge in [0.05, 0.1) is 17.1 Å². The molecule has 3 aromatic rings. The second-order valence-electron chi connectivity index (χ2n) is 7.82. The number of carbonyl (C=O) groups is 1. The van der Waals surface area contributed by atoms with Gasteiger partial charge in [0.15, 0.2) is 5.82 Å². The first-order valence-electron chi connectivity index (χ1n) is 9.19. The molecular weight excluding hydrogens is 386 g/mol. The number of carbonyl (C=O) groups excluding carboxylic acids is 1. The van der Waals surface area contributed by atoms with E-state index in [0.717, 1.165) is 21.7 Å². The van der Waals surface area contributed by atoms with Gasteiger partial charge in [-0.3, -0.25) is 9.69 Å². The molecular formula is C21H21N5O2S. The Labute approximate surface area is 172 Å². The highest BCUT2D eigenvalue weighted by Crippen LogP contribution is 2.43. The van der Waals surface area contributed by atoms with E-state index >= 15 is 0 Å². The number of phenols is 1. The Morgan fingerprint density at radius 2 is 2.00 bits per heavy atom. The molecule has 148 valence electrons. The van der Waals surface area contributed by atoms with Gasteiger partial charge < -0.3 is 5.11 Å². The molecule has 7 nitrogen and oxygen atoms in total. The number of nitrogens with zero attached hydrogens (tertiary/aromatic N) is 4. The molecule has 0 radical (unpaired) electrons. The number of hydrogen-bond donors (Lipinski definition) is 2. The Hall–Kier alpha value is -3.13. The van der Waals surface area contributed by atoms with Gasteiger partial charge in [-0.25, -0.2) is 0 Å². The fourth-order valence-corrected chi connectivity index (χ4v) is 4.26. The van der Waals surface area contributed by atoms with Crippen LogP contribution in [0.3, 0.4) is 0 Å². The maximum atomic E-state index is 13.3. The summed E-state index contributed by atoms with van der Waals surface area (Å²) in [5, 5.41) is 24.2. The number of tetrazole rings is 1. The average molecular weight is 407 g/mol. The molecule has 2 heterocycles. The zero-order valence-electron chi connectivity index (χ0n) is 16.4. The number of benzene rings is 2. The Bertz CT molecular complexity index is 1090. The maximum absolute atomic E-state index is 13.3. The summed E-state index contributed by atoms with van der Waals surface area (Å²) in [5.41, 5.74) is 2.32. The van der Waals surface area contributed by atoms with Crippen LogP contribution in [0.5, 0.6) is 5.75 Å². The van der Waals surface area contributed by atoms with Crippen molar-refractivity contribution in [2.24, 2.45) is 0 Å². The SMILES string of the molecule is CC(C)(C)c1cc(/C=C2/Sc3ccccc3N(Cc3nn[nH]n3)C2=O)ccc1O. The number of aromatic amines is 1. The lowest BCUT2D eigenvalue weighted by Gasteiger charge is -2.29. The van der Waals surface area contributed by atoms with Crippen molar-refractivity contribution in [2.75, 3.05) is 4.90 Å². The number of hydrogen-bond acceptors (Lipinski definition) is 6. The highest BCUT2D eigenvalue weighted by Gasteiger charge is 2.30. The number of nitrogens with one attached hydrogen (secondary N) is 1. The molecule has 29 heavy (non-hydrogen) atoms. The van der Waals surface area contributed by atoms with Gasteiger partial charge in [0.25, 0.3) is 5.91 Å². The van der Waals surface area contributed by atoms with Crippen LogP contribution in [0.2, 0.25) is 0 Å². The van der Waals surface area contributed by atoms with E-state index in [2.05, 4.69) is 20.6 Å². The first-order chi connectivity index (χ1) is 13.8. The molecule has 2 aromatic carbocycles. The van der Waals surface area contributed by atoms with E-state index in [9.17, 15) is 9.90 Å². The number of amides is 1. The Morgan fingerprint density at radius 1 is 1.21 bits per heavy atom. The van der Waals surface area contributed by atoms with Gasteiger partial charge in [-0.15, -0.1) is 10.2 Å². The third-order valence-electron chi connectivity index (χ3n) is 4.65. The zero-order valence-corrected chi connectivity index (χ0v) is 17.2. The summed E-state index contributed by atoms with van der Waals surface area (Å²) in [4.78, 5) is 16.5. The van der Waals surface area contributed by atoms with Crippen molar-refractivity contribution in [2.45, 2.75) is 37.6 Å². The number of para-hydroxylation sites is 1. The molecule has 8 heteroatoms. The number of aromatic nitrogens is 4. The van der Waals surface area contributed by atoms with Crippen LogP contribution in [-0.2, 0) is 16.8 Å². The highest BCUT2D eigenvalue weighted by atomic mass is 32.2. The van der Waals surface area contributed by atoms with E-state index in [1.165, 1.54) is 11.8 Å². The molecule has 0 saturated carbocycles.